The highest BCUT2D eigenvalue weighted by molar-refractivity contribution is 5.98. The Hall–Kier alpha value is -3.13. The molecule has 0 saturated carbocycles. The van der Waals surface area contributed by atoms with E-state index in [2.05, 4.69) is 4.98 Å². The normalized spacial score (nSPS) is 14.5. The molecule has 2 heterocycles. The molecular formula is C24H33N5O3. The lowest BCUT2D eigenvalue weighted by Crippen LogP contribution is -2.43. The minimum atomic E-state index is -0.152. The van der Waals surface area contributed by atoms with Gasteiger partial charge in [-0.3, -0.25) is 14.5 Å². The van der Waals surface area contributed by atoms with Crippen LogP contribution in [-0.4, -0.2) is 79.4 Å². The quantitative estimate of drug-likeness (QED) is 0.711. The van der Waals surface area contributed by atoms with Crippen LogP contribution in [0.1, 0.15) is 40.4 Å². The standard InChI is InChI=1S/C24H33N5O3/c1-27(2)24(31)20-9-10-21(26-23(20)25)18-11-13-29(14-12-18)22(30)16-28(3)15-17-5-7-19(32-4)8-6-17/h5-10,18H,11-16H2,1-4H3,(H2,25,26). The summed E-state index contributed by atoms with van der Waals surface area (Å²) in [7, 11) is 6.99. The third kappa shape index (κ3) is 5.76. The van der Waals surface area contributed by atoms with Gasteiger partial charge in [-0.25, -0.2) is 4.98 Å². The highest BCUT2D eigenvalue weighted by Crippen LogP contribution is 2.28. The third-order valence-electron chi connectivity index (χ3n) is 5.87. The smallest absolute Gasteiger partial charge is 0.257 e. The number of nitrogens with two attached hydrogens (primary N) is 1. The average Bonchev–Trinajstić information content (AvgIpc) is 2.79. The Morgan fingerprint density at radius 3 is 2.31 bits per heavy atom. The molecule has 1 aliphatic rings. The summed E-state index contributed by atoms with van der Waals surface area (Å²) in [6.07, 6.45) is 1.67. The van der Waals surface area contributed by atoms with Crippen molar-refractivity contribution in [2.45, 2.75) is 25.3 Å². The van der Waals surface area contributed by atoms with Crippen molar-refractivity contribution in [3.63, 3.8) is 0 Å². The number of anilines is 1. The molecule has 172 valence electrons. The fourth-order valence-corrected chi connectivity index (χ4v) is 3.99. The second-order valence-electron chi connectivity index (χ2n) is 8.54. The zero-order valence-corrected chi connectivity index (χ0v) is 19.4. The van der Waals surface area contributed by atoms with Gasteiger partial charge in [0.25, 0.3) is 5.91 Å². The number of methoxy groups -OCH3 is 1. The number of rotatable bonds is 7. The number of piperidine rings is 1. The number of carbonyl (C=O) groups excluding carboxylic acids is 2. The maximum atomic E-state index is 12.8. The zero-order chi connectivity index (χ0) is 23.3. The minimum absolute atomic E-state index is 0.138. The van der Waals surface area contributed by atoms with Gasteiger partial charge in [-0.1, -0.05) is 12.1 Å². The van der Waals surface area contributed by atoms with Crippen LogP contribution in [-0.2, 0) is 11.3 Å². The number of likely N-dealkylation sites (tertiary alicyclic amines) is 1. The van der Waals surface area contributed by atoms with Crippen LogP contribution in [0.4, 0.5) is 5.82 Å². The molecule has 8 nitrogen and oxygen atoms in total. The molecule has 3 rings (SSSR count). The van der Waals surface area contributed by atoms with E-state index >= 15 is 0 Å². The monoisotopic (exact) mass is 439 g/mol. The number of nitrogen functional groups attached to an aromatic ring is 1. The van der Waals surface area contributed by atoms with Crippen LogP contribution < -0.4 is 10.5 Å². The molecule has 2 amide bonds. The van der Waals surface area contributed by atoms with Gasteiger partial charge in [0.05, 0.1) is 19.2 Å². The molecule has 0 atom stereocenters. The molecule has 1 fully saturated rings. The molecule has 0 aliphatic carbocycles. The maximum Gasteiger partial charge on any atom is 0.257 e. The Morgan fingerprint density at radius 1 is 1.09 bits per heavy atom. The minimum Gasteiger partial charge on any atom is -0.497 e. The molecule has 1 aromatic carbocycles. The van der Waals surface area contributed by atoms with Crippen molar-refractivity contribution < 1.29 is 14.3 Å². The van der Waals surface area contributed by atoms with Gasteiger partial charge in [-0.2, -0.15) is 0 Å². The fourth-order valence-electron chi connectivity index (χ4n) is 3.99. The van der Waals surface area contributed by atoms with E-state index in [9.17, 15) is 9.59 Å². The predicted molar refractivity (Wildman–Crippen MR) is 125 cm³/mol. The SMILES string of the molecule is COc1ccc(CN(C)CC(=O)N2CCC(c3ccc(C(=O)N(C)C)c(N)n3)CC2)cc1. The summed E-state index contributed by atoms with van der Waals surface area (Å²) < 4.78 is 5.19. The Bertz CT molecular complexity index is 937. The van der Waals surface area contributed by atoms with Crippen molar-refractivity contribution in [3.05, 3.63) is 53.2 Å². The number of hydrogen-bond donors (Lipinski definition) is 1. The van der Waals surface area contributed by atoms with E-state index < -0.39 is 0 Å². The van der Waals surface area contributed by atoms with E-state index in [1.807, 2.05) is 47.2 Å². The summed E-state index contributed by atoms with van der Waals surface area (Å²) in [5.41, 5.74) is 8.49. The molecule has 32 heavy (non-hydrogen) atoms. The Morgan fingerprint density at radius 2 is 1.75 bits per heavy atom. The summed E-state index contributed by atoms with van der Waals surface area (Å²) in [6.45, 7) is 2.47. The van der Waals surface area contributed by atoms with Crippen LogP contribution in [0.25, 0.3) is 0 Å². The van der Waals surface area contributed by atoms with Gasteiger partial charge in [-0.15, -0.1) is 0 Å². The van der Waals surface area contributed by atoms with Crippen molar-refractivity contribution >= 4 is 17.6 Å². The Labute approximate surface area is 190 Å². The van der Waals surface area contributed by atoms with Crippen LogP contribution in [0, 0.1) is 0 Å². The molecule has 0 bridgehead atoms. The fraction of sp³-hybridized carbons (Fsp3) is 0.458. The molecule has 2 aromatic rings. The van der Waals surface area contributed by atoms with Gasteiger partial charge in [0.1, 0.15) is 11.6 Å². The molecule has 8 heteroatoms. The topological polar surface area (TPSA) is 92.0 Å². The lowest BCUT2D eigenvalue weighted by Gasteiger charge is -2.33. The summed E-state index contributed by atoms with van der Waals surface area (Å²) in [5, 5.41) is 0. The van der Waals surface area contributed by atoms with Gasteiger partial charge >= 0.3 is 0 Å². The number of amides is 2. The van der Waals surface area contributed by atoms with Crippen LogP contribution in [0.3, 0.4) is 0 Å². The van der Waals surface area contributed by atoms with Gasteiger partial charge in [0.15, 0.2) is 0 Å². The number of hydrogen-bond acceptors (Lipinski definition) is 6. The predicted octanol–water partition coefficient (Wildman–Crippen LogP) is 2.21. The lowest BCUT2D eigenvalue weighted by molar-refractivity contribution is -0.133. The molecule has 1 saturated heterocycles. The van der Waals surface area contributed by atoms with E-state index in [4.69, 9.17) is 10.5 Å². The van der Waals surface area contributed by atoms with E-state index in [1.165, 1.54) is 4.90 Å². The van der Waals surface area contributed by atoms with Crippen molar-refractivity contribution in [1.29, 1.82) is 0 Å². The first-order valence-electron chi connectivity index (χ1n) is 10.9. The van der Waals surface area contributed by atoms with Crippen LogP contribution in [0.15, 0.2) is 36.4 Å². The van der Waals surface area contributed by atoms with Gasteiger partial charge in [0, 0.05) is 45.3 Å². The second-order valence-corrected chi connectivity index (χ2v) is 8.54. The highest BCUT2D eigenvalue weighted by atomic mass is 16.5. The zero-order valence-electron chi connectivity index (χ0n) is 19.4. The summed E-state index contributed by atoms with van der Waals surface area (Å²) in [6, 6.07) is 11.5. The van der Waals surface area contributed by atoms with Gasteiger partial charge in [-0.05, 0) is 49.7 Å². The van der Waals surface area contributed by atoms with Crippen LogP contribution in [0.5, 0.6) is 5.75 Å². The number of aromatic nitrogens is 1. The second kappa shape index (κ2) is 10.5. The summed E-state index contributed by atoms with van der Waals surface area (Å²) >= 11 is 0. The van der Waals surface area contributed by atoms with Crippen molar-refractivity contribution in [2.24, 2.45) is 0 Å². The Balaban J connectivity index is 1.50. The van der Waals surface area contributed by atoms with E-state index in [0.29, 0.717) is 31.7 Å². The molecule has 0 radical (unpaired) electrons. The summed E-state index contributed by atoms with van der Waals surface area (Å²) in [4.78, 5) is 34.8. The molecule has 0 unspecified atom stereocenters. The largest absolute Gasteiger partial charge is 0.497 e. The molecular weight excluding hydrogens is 406 g/mol. The van der Waals surface area contributed by atoms with E-state index in [0.717, 1.165) is 29.8 Å². The number of benzene rings is 1. The molecule has 2 N–H and O–H groups in total. The molecule has 1 aliphatic heterocycles. The van der Waals surface area contributed by atoms with Crippen LogP contribution >= 0.6 is 0 Å². The average molecular weight is 440 g/mol. The number of nitrogens with zero attached hydrogens (tertiary/aromatic N) is 4. The van der Waals surface area contributed by atoms with Gasteiger partial charge in [0.2, 0.25) is 5.91 Å². The number of carbonyl (C=O) groups is 2. The molecule has 1 aromatic heterocycles. The summed E-state index contributed by atoms with van der Waals surface area (Å²) in [5.74, 6) is 1.31. The Kier molecular flexibility index (Phi) is 7.69. The maximum absolute atomic E-state index is 12.8. The van der Waals surface area contributed by atoms with Crippen molar-refractivity contribution in [2.75, 3.05) is 53.6 Å². The first-order chi connectivity index (χ1) is 15.3. The molecule has 0 spiro atoms. The number of likely N-dealkylation sites (N-methyl/N-ethyl adjacent to an activating group) is 1. The highest BCUT2D eigenvalue weighted by Gasteiger charge is 2.26. The number of ether oxygens (including phenoxy) is 1. The van der Waals surface area contributed by atoms with Crippen molar-refractivity contribution in [3.8, 4) is 5.75 Å². The third-order valence-corrected chi connectivity index (χ3v) is 5.87. The number of pyridine rings is 1. The lowest BCUT2D eigenvalue weighted by atomic mass is 9.92. The first-order valence-corrected chi connectivity index (χ1v) is 10.9. The van der Waals surface area contributed by atoms with E-state index in [1.54, 1.807) is 27.3 Å². The van der Waals surface area contributed by atoms with Crippen molar-refractivity contribution in [1.82, 2.24) is 19.7 Å². The van der Waals surface area contributed by atoms with E-state index in [-0.39, 0.29) is 23.6 Å². The first kappa shape index (κ1) is 23.5. The van der Waals surface area contributed by atoms with Gasteiger partial charge < -0.3 is 20.3 Å². The van der Waals surface area contributed by atoms with Crippen LogP contribution in [0.2, 0.25) is 0 Å².